The molecular weight excluding hydrogens is 479 g/mol. The Morgan fingerprint density at radius 1 is 1.19 bits per heavy atom. The van der Waals surface area contributed by atoms with Crippen LogP contribution in [0.2, 0.25) is 0 Å². The third-order valence-corrected chi connectivity index (χ3v) is 6.25. The minimum Gasteiger partial charge on any atom is -0.374 e. The van der Waals surface area contributed by atoms with Crippen LogP contribution in [0.1, 0.15) is 35.5 Å². The summed E-state index contributed by atoms with van der Waals surface area (Å²) in [5.41, 5.74) is 5.22. The molecule has 2 aromatic rings. The molecule has 0 radical (unpaired) electrons. The van der Waals surface area contributed by atoms with Gasteiger partial charge in [-0.05, 0) is 50.8 Å². The van der Waals surface area contributed by atoms with E-state index in [1.165, 1.54) is 17.0 Å². The van der Waals surface area contributed by atoms with Crippen LogP contribution < -0.4 is 16.4 Å². The van der Waals surface area contributed by atoms with E-state index in [4.69, 9.17) is 11.1 Å². The molecule has 13 heteroatoms. The molecule has 4 rings (SSSR count). The zero-order valence-electron chi connectivity index (χ0n) is 19.4. The van der Waals surface area contributed by atoms with Gasteiger partial charge in [-0.3, -0.25) is 24.8 Å². The highest BCUT2D eigenvalue weighted by molar-refractivity contribution is 6.44. The van der Waals surface area contributed by atoms with Crippen molar-refractivity contribution in [1.29, 1.82) is 5.41 Å². The van der Waals surface area contributed by atoms with Crippen molar-refractivity contribution in [3.63, 3.8) is 0 Å². The molecule has 2 fully saturated rings. The number of halogens is 3. The van der Waals surface area contributed by atoms with E-state index in [9.17, 15) is 27.6 Å². The fourth-order valence-electron chi connectivity index (χ4n) is 4.56. The normalized spacial score (nSPS) is 20.5. The summed E-state index contributed by atoms with van der Waals surface area (Å²) in [7, 11) is 0. The van der Waals surface area contributed by atoms with E-state index in [1.807, 2.05) is 0 Å². The second-order valence-corrected chi connectivity index (χ2v) is 8.88. The molecule has 36 heavy (non-hydrogen) atoms. The fraction of sp³-hybridized carbons (Fsp3) is 0.391. The number of anilines is 2. The second kappa shape index (κ2) is 9.21. The quantitative estimate of drug-likeness (QED) is 0.424. The van der Waals surface area contributed by atoms with Crippen molar-refractivity contribution in [2.75, 3.05) is 17.2 Å². The van der Waals surface area contributed by atoms with Gasteiger partial charge in [0.25, 0.3) is 5.91 Å². The number of piperidine rings is 1. The van der Waals surface area contributed by atoms with Gasteiger partial charge in [-0.15, -0.1) is 0 Å². The number of hydrogen-bond donors (Lipinski definition) is 4. The molecule has 3 atom stereocenters. The maximum atomic E-state index is 13.2. The van der Waals surface area contributed by atoms with Crippen molar-refractivity contribution in [2.24, 2.45) is 11.7 Å². The van der Waals surface area contributed by atoms with E-state index in [0.29, 0.717) is 23.5 Å². The Kier molecular flexibility index (Phi) is 6.41. The number of nitrogens with one attached hydrogen (secondary N) is 3. The number of alkyl halides is 3. The van der Waals surface area contributed by atoms with E-state index < -0.39 is 41.3 Å². The van der Waals surface area contributed by atoms with Crippen LogP contribution >= 0.6 is 0 Å². The molecule has 190 valence electrons. The van der Waals surface area contributed by atoms with Gasteiger partial charge < -0.3 is 21.3 Å². The third kappa shape index (κ3) is 4.99. The Morgan fingerprint density at radius 2 is 1.92 bits per heavy atom. The van der Waals surface area contributed by atoms with Crippen LogP contribution in [0.5, 0.6) is 0 Å². The molecule has 0 unspecified atom stereocenters. The summed E-state index contributed by atoms with van der Waals surface area (Å²) in [6, 6.07) is 3.71. The van der Waals surface area contributed by atoms with Crippen LogP contribution in [0, 0.1) is 25.2 Å². The highest BCUT2D eigenvalue weighted by Crippen LogP contribution is 2.48. The second-order valence-electron chi connectivity index (χ2n) is 8.88. The van der Waals surface area contributed by atoms with Crippen molar-refractivity contribution < 1.29 is 27.6 Å². The van der Waals surface area contributed by atoms with Gasteiger partial charge in [0.2, 0.25) is 11.8 Å². The number of carbonyl (C=O) groups is 3. The lowest BCUT2D eigenvalue weighted by atomic mass is 10.1. The third-order valence-electron chi connectivity index (χ3n) is 6.25. The van der Waals surface area contributed by atoms with Crippen LogP contribution in [0.4, 0.5) is 24.7 Å². The van der Waals surface area contributed by atoms with Crippen LogP contribution in [0.3, 0.4) is 0 Å². The summed E-state index contributed by atoms with van der Waals surface area (Å²) >= 11 is 0. The first kappa shape index (κ1) is 25.1. The van der Waals surface area contributed by atoms with Gasteiger partial charge in [0.15, 0.2) is 0 Å². The number of primary amides is 1. The van der Waals surface area contributed by atoms with Crippen molar-refractivity contribution in [1.82, 2.24) is 14.9 Å². The maximum Gasteiger partial charge on any atom is 0.433 e. The lowest BCUT2D eigenvalue weighted by molar-refractivity contribution is -0.141. The van der Waals surface area contributed by atoms with Crippen LogP contribution in [0.25, 0.3) is 0 Å². The summed E-state index contributed by atoms with van der Waals surface area (Å²) in [4.78, 5) is 46.8. The number of pyridine rings is 2. The Balaban J connectivity index is 1.48. The summed E-state index contributed by atoms with van der Waals surface area (Å²) in [6.45, 7) is 3.10. The fourth-order valence-corrected chi connectivity index (χ4v) is 4.56. The number of carbonyl (C=O) groups excluding carboxylic acids is 3. The molecule has 3 amide bonds. The van der Waals surface area contributed by atoms with Gasteiger partial charge in [-0.25, -0.2) is 4.98 Å². The number of amides is 3. The summed E-state index contributed by atoms with van der Waals surface area (Å²) in [5.74, 6) is -2.08. The minimum absolute atomic E-state index is 0.134. The van der Waals surface area contributed by atoms with Gasteiger partial charge >= 0.3 is 6.18 Å². The van der Waals surface area contributed by atoms with Gasteiger partial charge in [0.05, 0.1) is 17.9 Å². The van der Waals surface area contributed by atoms with Gasteiger partial charge in [-0.2, -0.15) is 13.2 Å². The number of nitrogens with two attached hydrogens (primary N) is 1. The zero-order chi connectivity index (χ0) is 26.4. The lowest BCUT2D eigenvalue weighted by Gasteiger charge is -2.27. The molecule has 0 aromatic carbocycles. The molecule has 1 aliphatic carbocycles. The lowest BCUT2D eigenvalue weighted by Crippen LogP contribution is -2.47. The maximum absolute atomic E-state index is 13.2. The average Bonchev–Trinajstić information content (AvgIpc) is 3.45. The number of aryl methyl sites for hydroxylation is 2. The van der Waals surface area contributed by atoms with Gasteiger partial charge in [0, 0.05) is 17.3 Å². The standard InChI is InChI=1S/C23H24F3N7O3/c1-10-6-13(19(27)21(28)35)20(11(2)30-10)29-9-18(34)33-14-7-12(14)8-15(33)22(36)32-17-5-3-4-16(31-17)23(24,25)26/h3-6,12,14-15,27,29H,7-9H2,1-2H3,(H2,28,35)(H,31,32,36)/t12-,14-,15+/m1/s1. The van der Waals surface area contributed by atoms with Crippen molar-refractivity contribution in [3.05, 3.63) is 46.9 Å². The summed E-state index contributed by atoms with van der Waals surface area (Å²) < 4.78 is 38.9. The molecule has 5 N–H and O–H groups in total. The van der Waals surface area contributed by atoms with Crippen molar-refractivity contribution in [2.45, 2.75) is 44.9 Å². The van der Waals surface area contributed by atoms with E-state index in [0.717, 1.165) is 18.6 Å². The van der Waals surface area contributed by atoms with Gasteiger partial charge in [-0.1, -0.05) is 6.07 Å². The Hall–Kier alpha value is -4.03. The molecule has 2 aliphatic rings. The summed E-state index contributed by atoms with van der Waals surface area (Å²) in [5, 5.41) is 13.3. The number of hydrogen-bond acceptors (Lipinski definition) is 7. The largest absolute Gasteiger partial charge is 0.433 e. The molecule has 1 saturated carbocycles. The number of fused-ring (bicyclic) bond motifs is 1. The predicted octanol–water partition coefficient (Wildman–Crippen LogP) is 2.01. The molecule has 1 saturated heterocycles. The van der Waals surface area contributed by atoms with Crippen molar-refractivity contribution >= 4 is 34.9 Å². The number of aromatic nitrogens is 2. The molecule has 0 bridgehead atoms. The molecule has 1 aliphatic heterocycles. The monoisotopic (exact) mass is 503 g/mol. The molecule has 3 heterocycles. The number of rotatable bonds is 7. The minimum atomic E-state index is -4.66. The highest BCUT2D eigenvalue weighted by Gasteiger charge is 2.56. The highest BCUT2D eigenvalue weighted by atomic mass is 19.4. The number of nitrogens with zero attached hydrogens (tertiary/aromatic N) is 3. The Labute approximate surface area is 204 Å². The van der Waals surface area contributed by atoms with E-state index in [-0.39, 0.29) is 29.9 Å². The summed E-state index contributed by atoms with van der Waals surface area (Å²) in [6.07, 6.45) is -3.53. The van der Waals surface area contributed by atoms with Crippen LogP contribution in [-0.4, -0.2) is 56.9 Å². The first-order chi connectivity index (χ1) is 16.9. The predicted molar refractivity (Wildman–Crippen MR) is 123 cm³/mol. The SMILES string of the molecule is Cc1cc(C(=N)C(N)=O)c(NCC(=O)N2[C@@H]3C[C@@H]3C[C@H]2C(=O)Nc2cccc(C(F)(F)F)n2)c(C)n1. The molecule has 2 aromatic heterocycles. The molecule has 10 nitrogen and oxygen atoms in total. The Bertz CT molecular complexity index is 1260. The zero-order valence-corrected chi connectivity index (χ0v) is 19.4. The first-order valence-corrected chi connectivity index (χ1v) is 11.1. The first-order valence-electron chi connectivity index (χ1n) is 11.1. The van der Waals surface area contributed by atoms with E-state index >= 15 is 0 Å². The number of likely N-dealkylation sites (tertiary alicyclic amines) is 1. The smallest absolute Gasteiger partial charge is 0.374 e. The molecule has 0 spiro atoms. The van der Waals surface area contributed by atoms with Gasteiger partial charge in [0.1, 0.15) is 23.3 Å². The molecular formula is C23H24F3N7O3. The topological polar surface area (TPSA) is 154 Å². The van der Waals surface area contributed by atoms with Crippen LogP contribution in [0.15, 0.2) is 24.3 Å². The van der Waals surface area contributed by atoms with E-state index in [1.54, 1.807) is 13.8 Å². The van der Waals surface area contributed by atoms with Crippen molar-refractivity contribution in [3.8, 4) is 0 Å². The van der Waals surface area contributed by atoms with E-state index in [2.05, 4.69) is 20.6 Å². The van der Waals surface area contributed by atoms with Crippen LogP contribution in [-0.2, 0) is 20.6 Å². The average molecular weight is 503 g/mol. The Morgan fingerprint density at radius 3 is 2.58 bits per heavy atom.